The number of carbonyl (C=O) groups excluding carboxylic acids is 6. The molecule has 0 aliphatic rings. The largest absolute Gasteiger partial charge is 0.459 e. The predicted molar refractivity (Wildman–Crippen MR) is 168 cm³/mol. The Morgan fingerprint density at radius 1 is 0.553 bits per heavy atom. The topological polar surface area (TPSA) is 190 Å². The maximum atomic E-state index is 12.9. The Bertz CT molecular complexity index is 1460. The summed E-state index contributed by atoms with van der Waals surface area (Å²) in [5, 5.41) is 12.1. The fourth-order valence-corrected chi connectivity index (χ4v) is 3.87. The molecule has 3 rings (SSSR count). The van der Waals surface area contributed by atoms with Crippen molar-refractivity contribution >= 4 is 35.7 Å². The smallest absolute Gasteiger partial charge is 0.407 e. The third-order valence-electron chi connectivity index (χ3n) is 6.24. The minimum absolute atomic E-state index is 0.0308. The highest BCUT2D eigenvalue weighted by Crippen LogP contribution is 2.04. The summed E-state index contributed by atoms with van der Waals surface area (Å²) in [6.07, 6.45) is -0.693. The van der Waals surface area contributed by atoms with Gasteiger partial charge in [0.15, 0.2) is 0 Å². The summed E-state index contributed by atoms with van der Waals surface area (Å²) in [6, 6.07) is 25.9. The fourth-order valence-electron chi connectivity index (χ4n) is 3.87. The molecule has 14 nitrogen and oxygen atoms in total. The van der Waals surface area contributed by atoms with Gasteiger partial charge in [0.1, 0.15) is 39.1 Å². The van der Waals surface area contributed by atoms with Crippen LogP contribution >= 0.6 is 0 Å². The van der Waals surface area contributed by atoms with Gasteiger partial charge in [-0.15, -0.1) is 0 Å². The number of nitrogens with one attached hydrogen (secondary N) is 5. The van der Waals surface area contributed by atoms with Crippen molar-refractivity contribution in [1.29, 1.82) is 0 Å². The highest BCUT2D eigenvalue weighted by molar-refractivity contribution is 5.92. The van der Waals surface area contributed by atoms with Gasteiger partial charge >= 0.3 is 12.1 Å². The van der Waals surface area contributed by atoms with Gasteiger partial charge in [-0.05, 0) is 16.7 Å². The van der Waals surface area contributed by atoms with Crippen LogP contribution in [0.4, 0.5) is 4.79 Å². The van der Waals surface area contributed by atoms with Crippen LogP contribution in [0.15, 0.2) is 91.0 Å². The van der Waals surface area contributed by atoms with Crippen LogP contribution in [-0.4, -0.2) is 74.7 Å². The first-order valence-corrected chi connectivity index (χ1v) is 14.6. The Morgan fingerprint density at radius 2 is 1.06 bits per heavy atom. The lowest BCUT2D eigenvalue weighted by Crippen LogP contribution is -2.52. The molecule has 0 unspecified atom stereocenters. The summed E-state index contributed by atoms with van der Waals surface area (Å²) < 4.78 is 15.2. The van der Waals surface area contributed by atoms with Crippen molar-refractivity contribution in [3.05, 3.63) is 108 Å². The fraction of sp³-hybridized carbons (Fsp3) is 0.273. The first kappa shape index (κ1) is 35.7. The Balaban J connectivity index is 1.35. The molecule has 0 fully saturated rings. The van der Waals surface area contributed by atoms with Crippen LogP contribution in [0.2, 0.25) is 0 Å². The zero-order valence-corrected chi connectivity index (χ0v) is 25.6. The lowest BCUT2D eigenvalue weighted by atomic mass is 10.1. The zero-order valence-electron chi connectivity index (χ0n) is 25.6. The summed E-state index contributed by atoms with van der Waals surface area (Å²) in [6.45, 7) is -1.87. The van der Waals surface area contributed by atoms with Crippen LogP contribution in [-0.2, 0) is 57.8 Å². The summed E-state index contributed by atoms with van der Waals surface area (Å²) in [7, 11) is 0. The van der Waals surface area contributed by atoms with Crippen LogP contribution in [0.5, 0.6) is 0 Å². The monoisotopic (exact) mass is 647 g/mol. The van der Waals surface area contributed by atoms with Gasteiger partial charge in [-0.3, -0.25) is 19.2 Å². The number of alkyl carbamates (subject to hydrolysis) is 1. The molecular weight excluding hydrogens is 610 g/mol. The standard InChI is InChI=1S/C33H37N5O9/c39-28(18-36-33(44)47-21-26-14-8-3-9-15-26)34-19-30(41)38-27(16-24-10-4-1-5-11-24)32(43)35-17-29(40)37-23-45-22-31(42)46-20-25-12-6-2-7-13-25/h1-15,27H,16-23H2,(H,34,39)(H,35,43)(H,36,44)(H,37,40)(H,38,41)/t27-/m0/s1. The van der Waals surface area contributed by atoms with Gasteiger partial charge in [-0.2, -0.15) is 0 Å². The van der Waals surface area contributed by atoms with Gasteiger partial charge in [-0.25, -0.2) is 9.59 Å². The van der Waals surface area contributed by atoms with Crippen molar-refractivity contribution in [3.63, 3.8) is 0 Å². The molecule has 1 atom stereocenters. The van der Waals surface area contributed by atoms with E-state index in [1.165, 1.54) is 0 Å². The molecule has 47 heavy (non-hydrogen) atoms. The zero-order chi connectivity index (χ0) is 33.7. The van der Waals surface area contributed by atoms with E-state index in [-0.39, 0.29) is 33.0 Å². The Kier molecular flexibility index (Phi) is 15.4. The minimum atomic E-state index is -1.07. The molecule has 0 aliphatic heterocycles. The van der Waals surface area contributed by atoms with Gasteiger partial charge in [0, 0.05) is 6.42 Å². The van der Waals surface area contributed by atoms with Crippen molar-refractivity contribution in [2.45, 2.75) is 25.7 Å². The Labute approximate surface area is 271 Å². The Morgan fingerprint density at radius 3 is 1.68 bits per heavy atom. The van der Waals surface area contributed by atoms with E-state index in [1.807, 2.05) is 36.4 Å². The molecule has 0 saturated carbocycles. The molecule has 5 amide bonds. The average Bonchev–Trinajstić information content (AvgIpc) is 3.09. The number of rotatable bonds is 18. The minimum Gasteiger partial charge on any atom is -0.459 e. The number of hydrogen-bond donors (Lipinski definition) is 5. The van der Waals surface area contributed by atoms with Gasteiger partial charge in [0.2, 0.25) is 23.6 Å². The molecule has 14 heteroatoms. The van der Waals surface area contributed by atoms with Crippen LogP contribution in [0, 0.1) is 0 Å². The van der Waals surface area contributed by atoms with E-state index in [9.17, 15) is 28.8 Å². The van der Waals surface area contributed by atoms with E-state index in [1.54, 1.807) is 54.6 Å². The first-order chi connectivity index (χ1) is 22.8. The van der Waals surface area contributed by atoms with Crippen molar-refractivity contribution in [2.24, 2.45) is 0 Å². The highest BCUT2D eigenvalue weighted by Gasteiger charge is 2.22. The quantitative estimate of drug-likeness (QED) is 0.0752. The Hall–Kier alpha value is -5.76. The lowest BCUT2D eigenvalue weighted by Gasteiger charge is -2.19. The molecule has 3 aromatic rings. The van der Waals surface area contributed by atoms with E-state index in [4.69, 9.17) is 14.2 Å². The normalized spacial score (nSPS) is 10.9. The molecule has 0 spiro atoms. The highest BCUT2D eigenvalue weighted by atomic mass is 16.6. The van der Waals surface area contributed by atoms with E-state index in [2.05, 4.69) is 26.6 Å². The third-order valence-corrected chi connectivity index (χ3v) is 6.24. The second kappa shape index (κ2) is 20.3. The molecule has 0 aromatic heterocycles. The van der Waals surface area contributed by atoms with Gasteiger partial charge in [0.05, 0.1) is 13.1 Å². The maximum absolute atomic E-state index is 12.9. The summed E-state index contributed by atoms with van der Waals surface area (Å²) in [5.74, 6) is -3.16. The number of hydrogen-bond acceptors (Lipinski definition) is 9. The summed E-state index contributed by atoms with van der Waals surface area (Å²) >= 11 is 0. The van der Waals surface area contributed by atoms with E-state index in [0.717, 1.165) is 16.7 Å². The van der Waals surface area contributed by atoms with Crippen molar-refractivity contribution in [2.75, 3.05) is 33.0 Å². The van der Waals surface area contributed by atoms with Crippen LogP contribution in [0.1, 0.15) is 16.7 Å². The van der Waals surface area contributed by atoms with Crippen molar-refractivity contribution < 1.29 is 43.0 Å². The van der Waals surface area contributed by atoms with Crippen LogP contribution in [0.3, 0.4) is 0 Å². The number of benzene rings is 3. The molecule has 5 N–H and O–H groups in total. The second-order valence-electron chi connectivity index (χ2n) is 9.96. The molecule has 0 radical (unpaired) electrons. The first-order valence-electron chi connectivity index (χ1n) is 14.6. The van der Waals surface area contributed by atoms with Gasteiger partial charge in [0.25, 0.3) is 0 Å². The van der Waals surface area contributed by atoms with Gasteiger partial charge < -0.3 is 40.8 Å². The maximum Gasteiger partial charge on any atom is 0.407 e. The van der Waals surface area contributed by atoms with Crippen LogP contribution < -0.4 is 26.6 Å². The number of carbonyl (C=O) groups is 6. The van der Waals surface area contributed by atoms with E-state index >= 15 is 0 Å². The SMILES string of the molecule is O=C(CNC(=O)OCc1ccccc1)NCC(=O)N[C@@H](Cc1ccccc1)C(=O)NCC(=O)NCOCC(=O)OCc1ccccc1. The molecule has 0 bridgehead atoms. The van der Waals surface area contributed by atoms with E-state index in [0.29, 0.717) is 0 Å². The molecule has 0 aliphatic carbocycles. The number of ether oxygens (including phenoxy) is 3. The average molecular weight is 648 g/mol. The molecular formula is C33H37N5O9. The summed E-state index contributed by atoms with van der Waals surface area (Å²) in [5.41, 5.74) is 2.34. The van der Waals surface area contributed by atoms with Crippen LogP contribution in [0.25, 0.3) is 0 Å². The molecule has 0 saturated heterocycles. The predicted octanol–water partition coefficient (Wildman–Crippen LogP) is 0.706. The molecule has 0 heterocycles. The summed E-state index contributed by atoms with van der Waals surface area (Å²) in [4.78, 5) is 73.5. The van der Waals surface area contributed by atoms with Crippen molar-refractivity contribution in [3.8, 4) is 0 Å². The van der Waals surface area contributed by atoms with Gasteiger partial charge in [-0.1, -0.05) is 91.0 Å². The molecule has 3 aromatic carbocycles. The molecule has 248 valence electrons. The number of esters is 1. The van der Waals surface area contributed by atoms with Crippen molar-refractivity contribution in [1.82, 2.24) is 26.6 Å². The number of amides is 5. The second-order valence-corrected chi connectivity index (χ2v) is 9.96. The third kappa shape index (κ3) is 15.2. The lowest BCUT2D eigenvalue weighted by molar-refractivity contribution is -0.151. The van der Waals surface area contributed by atoms with E-state index < -0.39 is 61.4 Å².